The molecule has 2 aromatic rings. The number of hydrogen-bond acceptors (Lipinski definition) is 4. The third kappa shape index (κ3) is 2.49. The molecule has 0 fully saturated rings. The highest BCUT2D eigenvalue weighted by Crippen LogP contribution is 2.08. The molecule has 5 heteroatoms. The van der Waals surface area contributed by atoms with Crippen LogP contribution in [0.5, 0.6) is 0 Å². The van der Waals surface area contributed by atoms with Crippen molar-refractivity contribution in [1.29, 1.82) is 0 Å². The van der Waals surface area contributed by atoms with Crippen LogP contribution in [0.1, 0.15) is 21.1 Å². The summed E-state index contributed by atoms with van der Waals surface area (Å²) < 4.78 is 4.99. The van der Waals surface area contributed by atoms with E-state index in [1.807, 2.05) is 11.4 Å². The van der Waals surface area contributed by atoms with E-state index < -0.39 is 0 Å². The number of nitrogens with zero attached hydrogens (tertiary/aromatic N) is 1. The van der Waals surface area contributed by atoms with Crippen LogP contribution in [0.15, 0.2) is 28.3 Å². The first-order valence-electron chi connectivity index (χ1n) is 4.98. The molecule has 0 bridgehead atoms. The zero-order valence-electron chi connectivity index (χ0n) is 8.90. The SMILES string of the molecule is Cc1ncoc1C(=O)NCCc1cccs1. The Bertz CT molecular complexity index is 462. The Morgan fingerprint density at radius 2 is 2.50 bits per heavy atom. The zero-order chi connectivity index (χ0) is 11.4. The average Bonchev–Trinajstić information content (AvgIpc) is 2.88. The van der Waals surface area contributed by atoms with Crippen molar-refractivity contribution in [3.8, 4) is 0 Å². The lowest BCUT2D eigenvalue weighted by molar-refractivity contribution is 0.0925. The molecule has 2 heterocycles. The number of oxazole rings is 1. The van der Waals surface area contributed by atoms with Crippen molar-refractivity contribution < 1.29 is 9.21 Å². The topological polar surface area (TPSA) is 55.1 Å². The normalized spacial score (nSPS) is 10.3. The van der Waals surface area contributed by atoms with Crippen LogP contribution in [0.4, 0.5) is 0 Å². The Hall–Kier alpha value is -1.62. The lowest BCUT2D eigenvalue weighted by atomic mass is 10.3. The summed E-state index contributed by atoms with van der Waals surface area (Å²) in [6, 6.07) is 4.05. The van der Waals surface area contributed by atoms with E-state index in [4.69, 9.17) is 4.42 Å². The van der Waals surface area contributed by atoms with E-state index in [1.54, 1.807) is 18.3 Å². The van der Waals surface area contributed by atoms with Crippen molar-refractivity contribution in [2.75, 3.05) is 6.54 Å². The van der Waals surface area contributed by atoms with Crippen molar-refractivity contribution >= 4 is 17.2 Å². The van der Waals surface area contributed by atoms with Gasteiger partial charge in [0.2, 0.25) is 5.76 Å². The lowest BCUT2D eigenvalue weighted by Crippen LogP contribution is -2.25. The van der Waals surface area contributed by atoms with Gasteiger partial charge in [-0.25, -0.2) is 4.98 Å². The van der Waals surface area contributed by atoms with Gasteiger partial charge < -0.3 is 9.73 Å². The molecule has 0 saturated carbocycles. The summed E-state index contributed by atoms with van der Waals surface area (Å²) in [6.45, 7) is 2.36. The number of rotatable bonds is 4. The van der Waals surface area contributed by atoms with Gasteiger partial charge in [-0.2, -0.15) is 0 Å². The number of nitrogens with one attached hydrogen (secondary N) is 1. The van der Waals surface area contributed by atoms with Crippen molar-refractivity contribution in [3.05, 3.63) is 40.2 Å². The molecule has 1 amide bonds. The molecular weight excluding hydrogens is 224 g/mol. The molecule has 16 heavy (non-hydrogen) atoms. The van der Waals surface area contributed by atoms with Crippen LogP contribution in [0.25, 0.3) is 0 Å². The van der Waals surface area contributed by atoms with E-state index in [2.05, 4.69) is 16.4 Å². The first-order chi connectivity index (χ1) is 7.77. The summed E-state index contributed by atoms with van der Waals surface area (Å²) in [5, 5.41) is 4.82. The largest absolute Gasteiger partial charge is 0.438 e. The van der Waals surface area contributed by atoms with E-state index in [9.17, 15) is 4.79 Å². The molecule has 0 aliphatic rings. The summed E-state index contributed by atoms with van der Waals surface area (Å²) in [6.07, 6.45) is 2.13. The molecule has 0 aromatic carbocycles. The number of carbonyl (C=O) groups is 1. The minimum Gasteiger partial charge on any atom is -0.438 e. The van der Waals surface area contributed by atoms with Crippen LogP contribution >= 0.6 is 11.3 Å². The van der Waals surface area contributed by atoms with Gasteiger partial charge in [-0.15, -0.1) is 11.3 Å². The number of aromatic nitrogens is 1. The Balaban J connectivity index is 1.83. The standard InChI is InChI=1S/C11H12N2O2S/c1-8-10(15-7-13-8)11(14)12-5-4-9-3-2-6-16-9/h2-3,6-7H,4-5H2,1H3,(H,12,14). The number of hydrogen-bond donors (Lipinski definition) is 1. The molecule has 2 rings (SSSR count). The fourth-order valence-corrected chi connectivity index (χ4v) is 2.06. The highest BCUT2D eigenvalue weighted by molar-refractivity contribution is 7.09. The minimum absolute atomic E-state index is 0.202. The van der Waals surface area contributed by atoms with Gasteiger partial charge in [0, 0.05) is 11.4 Å². The minimum atomic E-state index is -0.202. The molecule has 84 valence electrons. The summed E-state index contributed by atoms with van der Waals surface area (Å²) >= 11 is 1.69. The first kappa shape index (κ1) is 10.9. The Morgan fingerprint density at radius 3 is 3.12 bits per heavy atom. The van der Waals surface area contributed by atoms with Crippen LogP contribution < -0.4 is 5.32 Å². The Labute approximate surface area is 97.3 Å². The van der Waals surface area contributed by atoms with Gasteiger partial charge in [0.25, 0.3) is 5.91 Å². The maximum atomic E-state index is 11.6. The molecule has 0 atom stereocenters. The van der Waals surface area contributed by atoms with Gasteiger partial charge in [0.1, 0.15) is 0 Å². The van der Waals surface area contributed by atoms with Crippen molar-refractivity contribution in [3.63, 3.8) is 0 Å². The van der Waals surface area contributed by atoms with E-state index in [0.29, 0.717) is 18.0 Å². The maximum Gasteiger partial charge on any atom is 0.289 e. The number of thiophene rings is 1. The summed E-state index contributed by atoms with van der Waals surface area (Å²) in [4.78, 5) is 16.7. The van der Waals surface area contributed by atoms with Gasteiger partial charge in [0.15, 0.2) is 6.39 Å². The smallest absolute Gasteiger partial charge is 0.289 e. The predicted octanol–water partition coefficient (Wildman–Crippen LogP) is 2.02. The van der Waals surface area contributed by atoms with Gasteiger partial charge in [-0.3, -0.25) is 4.79 Å². The maximum absolute atomic E-state index is 11.6. The van der Waals surface area contributed by atoms with Crippen LogP contribution in [0.2, 0.25) is 0 Å². The molecule has 0 saturated heterocycles. The van der Waals surface area contributed by atoms with Crippen LogP contribution in [-0.4, -0.2) is 17.4 Å². The monoisotopic (exact) mass is 236 g/mol. The average molecular weight is 236 g/mol. The van der Waals surface area contributed by atoms with Gasteiger partial charge in [-0.1, -0.05) is 6.07 Å². The summed E-state index contributed by atoms with van der Waals surface area (Å²) in [7, 11) is 0. The van der Waals surface area contributed by atoms with E-state index in [1.165, 1.54) is 11.3 Å². The second-order valence-corrected chi connectivity index (χ2v) is 4.38. The van der Waals surface area contributed by atoms with E-state index in [0.717, 1.165) is 6.42 Å². The molecule has 0 unspecified atom stereocenters. The highest BCUT2D eigenvalue weighted by Gasteiger charge is 2.12. The lowest BCUT2D eigenvalue weighted by Gasteiger charge is -2.01. The van der Waals surface area contributed by atoms with Gasteiger partial charge in [-0.05, 0) is 24.8 Å². The third-order valence-corrected chi connectivity index (χ3v) is 3.12. The Kier molecular flexibility index (Phi) is 3.36. The number of aryl methyl sites for hydroxylation is 1. The zero-order valence-corrected chi connectivity index (χ0v) is 9.71. The second-order valence-electron chi connectivity index (χ2n) is 3.35. The summed E-state index contributed by atoms with van der Waals surface area (Å²) in [5.74, 6) is 0.0951. The van der Waals surface area contributed by atoms with E-state index >= 15 is 0 Å². The van der Waals surface area contributed by atoms with Crippen LogP contribution in [0.3, 0.4) is 0 Å². The third-order valence-electron chi connectivity index (χ3n) is 2.19. The van der Waals surface area contributed by atoms with Crippen LogP contribution in [-0.2, 0) is 6.42 Å². The fourth-order valence-electron chi connectivity index (χ4n) is 1.35. The number of carbonyl (C=O) groups excluding carboxylic acids is 1. The van der Waals surface area contributed by atoms with Gasteiger partial charge in [0.05, 0.1) is 5.69 Å². The summed E-state index contributed by atoms with van der Waals surface area (Å²) in [5.41, 5.74) is 0.619. The molecular formula is C11H12N2O2S. The fraction of sp³-hybridized carbons (Fsp3) is 0.273. The molecule has 0 radical (unpaired) electrons. The molecule has 2 aromatic heterocycles. The molecule has 4 nitrogen and oxygen atoms in total. The molecule has 0 aliphatic heterocycles. The van der Waals surface area contributed by atoms with E-state index in [-0.39, 0.29) is 5.91 Å². The van der Waals surface area contributed by atoms with Gasteiger partial charge >= 0.3 is 0 Å². The quantitative estimate of drug-likeness (QED) is 0.883. The molecule has 0 spiro atoms. The Morgan fingerprint density at radius 1 is 1.62 bits per heavy atom. The number of amides is 1. The van der Waals surface area contributed by atoms with Crippen LogP contribution in [0, 0.1) is 6.92 Å². The van der Waals surface area contributed by atoms with Crippen molar-refractivity contribution in [1.82, 2.24) is 10.3 Å². The molecule has 1 N–H and O–H groups in total. The van der Waals surface area contributed by atoms with Crippen molar-refractivity contribution in [2.24, 2.45) is 0 Å². The highest BCUT2D eigenvalue weighted by atomic mass is 32.1. The molecule has 0 aliphatic carbocycles. The second kappa shape index (κ2) is 4.94. The predicted molar refractivity (Wildman–Crippen MR) is 61.6 cm³/mol. The first-order valence-corrected chi connectivity index (χ1v) is 5.86. The van der Waals surface area contributed by atoms with Crippen molar-refractivity contribution in [2.45, 2.75) is 13.3 Å².